The molecule has 0 saturated heterocycles. The number of rotatable bonds is 3. The minimum atomic E-state index is -4.21. The van der Waals surface area contributed by atoms with Crippen LogP contribution in [0, 0.1) is 5.82 Å². The lowest BCUT2D eigenvalue weighted by molar-refractivity contribution is 0.0801. The number of sulfonamides is 1. The van der Waals surface area contributed by atoms with Crippen LogP contribution in [0.3, 0.4) is 0 Å². The van der Waals surface area contributed by atoms with Gasteiger partial charge < -0.3 is 4.90 Å². The van der Waals surface area contributed by atoms with Crippen LogP contribution < -0.4 is 5.14 Å². The van der Waals surface area contributed by atoms with Gasteiger partial charge in [0.25, 0.3) is 5.91 Å². The largest absolute Gasteiger partial charge is 0.342 e. The first-order valence-electron chi connectivity index (χ1n) is 4.95. The molecule has 0 radical (unpaired) electrons. The van der Waals surface area contributed by atoms with Gasteiger partial charge in [0.05, 0.1) is 5.56 Å². The Hall–Kier alpha value is -0.990. The Balaban J connectivity index is 3.44. The maximum absolute atomic E-state index is 13.5. The minimum Gasteiger partial charge on any atom is -0.342 e. The summed E-state index contributed by atoms with van der Waals surface area (Å²) in [5.74, 6) is -1.42. The van der Waals surface area contributed by atoms with E-state index in [0.29, 0.717) is 6.54 Å². The van der Waals surface area contributed by atoms with Gasteiger partial charge in [0.1, 0.15) is 10.7 Å². The molecule has 18 heavy (non-hydrogen) atoms. The number of hydrogen-bond acceptors (Lipinski definition) is 3. The third-order valence-electron chi connectivity index (χ3n) is 2.38. The van der Waals surface area contributed by atoms with Crippen LogP contribution in [0.15, 0.2) is 21.5 Å². The Bertz CT molecular complexity index is 589. The Labute approximate surface area is 113 Å². The molecule has 0 spiro atoms. The molecule has 0 atom stereocenters. The summed E-state index contributed by atoms with van der Waals surface area (Å²) < 4.78 is 36.0. The summed E-state index contributed by atoms with van der Waals surface area (Å²) in [7, 11) is -2.65. The summed E-state index contributed by atoms with van der Waals surface area (Å²) in [6.45, 7) is 2.20. The van der Waals surface area contributed by atoms with Gasteiger partial charge in [0.2, 0.25) is 10.0 Å². The standard InChI is InChI=1S/C10H12BrFN2O3S/c1-3-14(2)10(15)6-4-9(18(13,16)17)8(12)5-7(6)11/h4-5H,3H2,1-2H3,(H2,13,16,17). The van der Waals surface area contributed by atoms with Crippen molar-refractivity contribution in [3.8, 4) is 0 Å². The van der Waals surface area contributed by atoms with E-state index in [-0.39, 0.29) is 10.0 Å². The van der Waals surface area contributed by atoms with Crippen LogP contribution in [-0.2, 0) is 10.0 Å². The number of nitrogens with two attached hydrogens (primary N) is 1. The second kappa shape index (κ2) is 5.33. The Morgan fingerprint density at radius 2 is 2.06 bits per heavy atom. The van der Waals surface area contributed by atoms with Gasteiger partial charge in [-0.1, -0.05) is 0 Å². The fourth-order valence-electron chi connectivity index (χ4n) is 1.26. The fourth-order valence-corrected chi connectivity index (χ4v) is 2.36. The van der Waals surface area contributed by atoms with Crippen molar-refractivity contribution in [1.29, 1.82) is 0 Å². The molecule has 0 aliphatic carbocycles. The predicted octanol–water partition coefficient (Wildman–Crippen LogP) is 1.33. The average Bonchev–Trinajstić information content (AvgIpc) is 2.25. The highest BCUT2D eigenvalue weighted by Gasteiger charge is 2.21. The summed E-state index contributed by atoms with van der Waals surface area (Å²) in [4.78, 5) is 12.6. The van der Waals surface area contributed by atoms with E-state index in [1.165, 1.54) is 4.90 Å². The van der Waals surface area contributed by atoms with E-state index in [9.17, 15) is 17.6 Å². The summed E-state index contributed by atoms with van der Waals surface area (Å²) in [6, 6.07) is 1.85. The molecule has 0 aliphatic rings. The number of hydrogen-bond donors (Lipinski definition) is 1. The predicted molar refractivity (Wildman–Crippen MR) is 68.1 cm³/mol. The third-order valence-corrected chi connectivity index (χ3v) is 3.96. The molecule has 1 aromatic carbocycles. The van der Waals surface area contributed by atoms with E-state index < -0.39 is 26.6 Å². The van der Waals surface area contributed by atoms with E-state index in [1.807, 2.05) is 0 Å². The molecule has 1 rings (SSSR count). The normalized spacial score (nSPS) is 11.4. The zero-order valence-corrected chi connectivity index (χ0v) is 12.2. The van der Waals surface area contributed by atoms with Gasteiger partial charge in [-0.2, -0.15) is 0 Å². The number of carbonyl (C=O) groups excluding carboxylic acids is 1. The van der Waals surface area contributed by atoms with E-state index in [4.69, 9.17) is 5.14 Å². The molecule has 0 aliphatic heterocycles. The highest BCUT2D eigenvalue weighted by Crippen LogP contribution is 2.24. The smallest absolute Gasteiger partial charge is 0.254 e. The van der Waals surface area contributed by atoms with Gasteiger partial charge in [-0.3, -0.25) is 4.79 Å². The van der Waals surface area contributed by atoms with Crippen molar-refractivity contribution >= 4 is 31.9 Å². The van der Waals surface area contributed by atoms with Gasteiger partial charge in [-0.25, -0.2) is 17.9 Å². The lowest BCUT2D eigenvalue weighted by atomic mass is 10.2. The first kappa shape index (κ1) is 15.1. The van der Waals surface area contributed by atoms with Crippen LogP contribution in [0.4, 0.5) is 4.39 Å². The van der Waals surface area contributed by atoms with Crippen molar-refractivity contribution in [2.75, 3.05) is 13.6 Å². The molecule has 1 amide bonds. The first-order chi connectivity index (χ1) is 8.18. The zero-order valence-electron chi connectivity index (χ0n) is 9.78. The van der Waals surface area contributed by atoms with Crippen molar-refractivity contribution in [1.82, 2.24) is 4.90 Å². The molecule has 100 valence electrons. The Kier molecular flexibility index (Phi) is 4.46. The van der Waals surface area contributed by atoms with Crippen LogP contribution in [0.5, 0.6) is 0 Å². The van der Waals surface area contributed by atoms with Crippen molar-refractivity contribution in [3.05, 3.63) is 28.0 Å². The van der Waals surface area contributed by atoms with Gasteiger partial charge in [-0.05, 0) is 35.0 Å². The topological polar surface area (TPSA) is 80.5 Å². The quantitative estimate of drug-likeness (QED) is 0.902. The lowest BCUT2D eigenvalue weighted by Crippen LogP contribution is -2.27. The first-order valence-corrected chi connectivity index (χ1v) is 7.29. The van der Waals surface area contributed by atoms with Crippen LogP contribution >= 0.6 is 15.9 Å². The molecule has 1 aromatic rings. The van der Waals surface area contributed by atoms with E-state index >= 15 is 0 Å². The van der Waals surface area contributed by atoms with E-state index in [0.717, 1.165) is 12.1 Å². The number of amides is 1. The molecule has 0 fully saturated rings. The number of primary sulfonamides is 1. The minimum absolute atomic E-state index is 0.0461. The molecule has 0 aromatic heterocycles. The molecule has 0 bridgehead atoms. The highest BCUT2D eigenvalue weighted by molar-refractivity contribution is 9.10. The second-order valence-corrected chi connectivity index (χ2v) is 6.01. The lowest BCUT2D eigenvalue weighted by Gasteiger charge is -2.16. The van der Waals surface area contributed by atoms with Crippen LogP contribution in [0.2, 0.25) is 0 Å². The molecule has 0 unspecified atom stereocenters. The summed E-state index contributed by atoms with van der Waals surface area (Å²) >= 11 is 3.02. The maximum Gasteiger partial charge on any atom is 0.254 e. The molecule has 5 nitrogen and oxygen atoms in total. The van der Waals surface area contributed by atoms with Gasteiger partial charge in [-0.15, -0.1) is 0 Å². The Morgan fingerprint density at radius 3 is 2.50 bits per heavy atom. The third kappa shape index (κ3) is 3.06. The van der Waals surface area contributed by atoms with Crippen LogP contribution in [0.1, 0.15) is 17.3 Å². The molecular weight excluding hydrogens is 327 g/mol. The zero-order chi connectivity index (χ0) is 14.1. The van der Waals surface area contributed by atoms with Crippen molar-refractivity contribution in [3.63, 3.8) is 0 Å². The van der Waals surface area contributed by atoms with Gasteiger partial charge >= 0.3 is 0 Å². The number of benzene rings is 1. The average molecular weight is 339 g/mol. The number of nitrogens with zero attached hydrogens (tertiary/aromatic N) is 1. The second-order valence-electron chi connectivity index (χ2n) is 3.63. The van der Waals surface area contributed by atoms with E-state index in [1.54, 1.807) is 14.0 Å². The monoisotopic (exact) mass is 338 g/mol. The number of halogens is 2. The summed E-state index contributed by atoms with van der Waals surface area (Å²) in [6.07, 6.45) is 0. The molecular formula is C10H12BrFN2O3S. The fraction of sp³-hybridized carbons (Fsp3) is 0.300. The Morgan fingerprint density at radius 1 is 1.50 bits per heavy atom. The van der Waals surface area contributed by atoms with Gasteiger partial charge in [0.15, 0.2) is 0 Å². The maximum atomic E-state index is 13.5. The van der Waals surface area contributed by atoms with Crippen molar-refractivity contribution in [2.45, 2.75) is 11.8 Å². The summed E-state index contributed by atoms with van der Waals surface area (Å²) in [5.41, 5.74) is 0.0461. The van der Waals surface area contributed by atoms with Crippen LogP contribution in [-0.4, -0.2) is 32.8 Å². The number of carbonyl (C=O) groups is 1. The van der Waals surface area contributed by atoms with E-state index in [2.05, 4.69) is 15.9 Å². The molecule has 8 heteroatoms. The summed E-state index contributed by atoms with van der Waals surface area (Å²) in [5, 5.41) is 4.88. The van der Waals surface area contributed by atoms with Crippen molar-refractivity contribution in [2.24, 2.45) is 5.14 Å². The van der Waals surface area contributed by atoms with Gasteiger partial charge in [0, 0.05) is 18.1 Å². The molecule has 0 heterocycles. The SMILES string of the molecule is CCN(C)C(=O)c1cc(S(N)(=O)=O)c(F)cc1Br. The molecule has 0 saturated carbocycles. The van der Waals surface area contributed by atoms with Crippen LogP contribution in [0.25, 0.3) is 0 Å². The van der Waals surface area contributed by atoms with Crippen molar-refractivity contribution < 1.29 is 17.6 Å². The molecule has 2 N–H and O–H groups in total. The highest BCUT2D eigenvalue weighted by atomic mass is 79.9.